The number of hydrogen-bond donors (Lipinski definition) is 3. The Hall–Kier alpha value is -0.660. The monoisotopic (exact) mass is 357 g/mol. The maximum atomic E-state index is 13.1. The molecule has 0 aromatic heterocycles. The summed E-state index contributed by atoms with van der Waals surface area (Å²) in [7, 11) is 1.84. The number of rotatable bonds is 4. The van der Waals surface area contributed by atoms with Crippen molar-refractivity contribution in [2.24, 2.45) is 23.0 Å². The van der Waals surface area contributed by atoms with Crippen LogP contribution in [0.2, 0.25) is 0 Å². The molecule has 2 aliphatic rings. The summed E-state index contributed by atoms with van der Waals surface area (Å²) in [4.78, 5) is 25.8. The van der Waals surface area contributed by atoms with Gasteiger partial charge in [-0.25, -0.2) is 0 Å². The summed E-state index contributed by atoms with van der Waals surface area (Å²) < 4.78 is 0. The van der Waals surface area contributed by atoms with Crippen LogP contribution in [0.1, 0.15) is 33.6 Å². The molecule has 7 heteroatoms. The van der Waals surface area contributed by atoms with Crippen molar-refractivity contribution in [3.05, 3.63) is 0 Å². The molecule has 0 spiro atoms. The number of thioether (sulfide) groups is 1. The van der Waals surface area contributed by atoms with E-state index in [1.807, 2.05) is 27.8 Å². The average molecular weight is 358 g/mol. The highest BCUT2D eigenvalue weighted by Crippen LogP contribution is 2.52. The minimum Gasteiger partial charge on any atom is -0.369 e. The van der Waals surface area contributed by atoms with Crippen molar-refractivity contribution in [3.63, 3.8) is 0 Å². The molecule has 2 rings (SSSR count). The van der Waals surface area contributed by atoms with Gasteiger partial charge in [-0.1, -0.05) is 26.1 Å². The van der Waals surface area contributed by atoms with Crippen LogP contribution in [0.25, 0.3) is 0 Å². The Morgan fingerprint density at radius 2 is 2.13 bits per heavy atom. The Morgan fingerprint density at radius 1 is 1.48 bits per heavy atom. The Balaban J connectivity index is 2.23. The van der Waals surface area contributed by atoms with E-state index < -0.39 is 5.92 Å². The fourth-order valence-electron chi connectivity index (χ4n) is 3.83. The molecule has 1 heterocycles. The lowest BCUT2D eigenvalue weighted by Gasteiger charge is -2.29. The first kappa shape index (κ1) is 18.7. The van der Waals surface area contributed by atoms with E-state index in [1.165, 1.54) is 0 Å². The summed E-state index contributed by atoms with van der Waals surface area (Å²) in [6.07, 6.45) is 1.59. The standard InChI is InChI=1S/C16H27N3O2S2/c1-8(18-4)15(22)19-9-5-6-23-10-7-16(2,3)12(14(17)21)11(10)13(9)20/h8-12,18H,5-7H2,1-4H3,(H2,17,21)(H,19,22)/t8-,9-,10?,11?,12+/m0/s1. The van der Waals surface area contributed by atoms with Gasteiger partial charge in [0.15, 0.2) is 5.78 Å². The first-order valence-electron chi connectivity index (χ1n) is 8.11. The van der Waals surface area contributed by atoms with Crippen LogP contribution >= 0.6 is 24.0 Å². The van der Waals surface area contributed by atoms with Crippen LogP contribution in [0, 0.1) is 17.3 Å². The summed E-state index contributed by atoms with van der Waals surface area (Å²) >= 11 is 7.17. The van der Waals surface area contributed by atoms with E-state index in [-0.39, 0.29) is 40.4 Å². The number of primary amides is 1. The van der Waals surface area contributed by atoms with Gasteiger partial charge in [-0.05, 0) is 38.0 Å². The minimum atomic E-state index is -0.398. The van der Waals surface area contributed by atoms with Gasteiger partial charge in [0.25, 0.3) is 0 Å². The smallest absolute Gasteiger partial charge is 0.221 e. The lowest BCUT2D eigenvalue weighted by molar-refractivity contribution is -0.134. The van der Waals surface area contributed by atoms with Crippen molar-refractivity contribution >= 4 is 40.7 Å². The highest BCUT2D eigenvalue weighted by atomic mass is 32.2. The molecule has 1 aliphatic heterocycles. The fraction of sp³-hybridized carbons (Fsp3) is 0.812. The van der Waals surface area contributed by atoms with Gasteiger partial charge in [-0.15, -0.1) is 0 Å². The van der Waals surface area contributed by atoms with E-state index in [1.54, 1.807) is 11.8 Å². The molecule has 2 fully saturated rings. The molecule has 0 aromatic carbocycles. The zero-order valence-electron chi connectivity index (χ0n) is 14.2. The number of nitrogens with one attached hydrogen (secondary N) is 2. The summed E-state index contributed by atoms with van der Waals surface area (Å²) in [5.74, 6) is -0.0726. The Bertz CT molecular complexity index is 510. The van der Waals surface area contributed by atoms with Crippen LogP contribution in [0.4, 0.5) is 0 Å². The highest BCUT2D eigenvalue weighted by molar-refractivity contribution is 8.00. The van der Waals surface area contributed by atoms with E-state index in [0.717, 1.165) is 18.6 Å². The number of hydrogen-bond acceptors (Lipinski definition) is 5. The van der Waals surface area contributed by atoms with Gasteiger partial charge in [0, 0.05) is 11.2 Å². The Morgan fingerprint density at radius 3 is 2.70 bits per heavy atom. The number of carbonyl (C=O) groups excluding carboxylic acids is 2. The zero-order valence-corrected chi connectivity index (χ0v) is 15.9. The van der Waals surface area contributed by atoms with Gasteiger partial charge in [0.2, 0.25) is 5.91 Å². The second-order valence-corrected chi connectivity index (χ2v) is 9.06. The van der Waals surface area contributed by atoms with Crippen molar-refractivity contribution in [1.29, 1.82) is 0 Å². The first-order valence-corrected chi connectivity index (χ1v) is 9.57. The third-order valence-electron chi connectivity index (χ3n) is 5.19. The van der Waals surface area contributed by atoms with E-state index in [4.69, 9.17) is 18.0 Å². The molecule has 1 saturated heterocycles. The summed E-state index contributed by atoms with van der Waals surface area (Å²) in [6.45, 7) is 6.04. The fourth-order valence-corrected chi connectivity index (χ4v) is 5.81. The first-order chi connectivity index (χ1) is 10.7. The quantitative estimate of drug-likeness (QED) is 0.654. The maximum Gasteiger partial charge on any atom is 0.221 e. The lowest BCUT2D eigenvalue weighted by atomic mass is 9.76. The summed E-state index contributed by atoms with van der Waals surface area (Å²) in [5.41, 5.74) is 5.42. The van der Waals surface area contributed by atoms with Crippen LogP contribution in [0.3, 0.4) is 0 Å². The predicted molar refractivity (Wildman–Crippen MR) is 98.5 cm³/mol. The number of likely N-dealkylation sites (N-methyl/N-ethyl adjacent to an activating group) is 1. The number of ketones is 1. The molecule has 130 valence electrons. The van der Waals surface area contributed by atoms with Crippen LogP contribution in [0.15, 0.2) is 0 Å². The van der Waals surface area contributed by atoms with Crippen molar-refractivity contribution in [2.45, 2.75) is 50.9 Å². The molecule has 1 amide bonds. The van der Waals surface area contributed by atoms with Crippen LogP contribution in [0.5, 0.6) is 0 Å². The largest absolute Gasteiger partial charge is 0.369 e. The third kappa shape index (κ3) is 3.72. The van der Waals surface area contributed by atoms with E-state index in [9.17, 15) is 9.59 Å². The number of thiocarbonyl (C=S) groups is 1. The summed E-state index contributed by atoms with van der Waals surface area (Å²) in [5, 5.41) is 6.47. The number of nitrogens with two attached hydrogens (primary N) is 1. The molecule has 1 saturated carbocycles. The Labute approximate surface area is 147 Å². The SMILES string of the molecule is CN[C@@H](C)C(=S)N[C@H]1CCSC2CC(C)(C)[C@@H](C(N)=O)C2C1=O. The summed E-state index contributed by atoms with van der Waals surface area (Å²) in [6, 6.07) is -0.312. The maximum absolute atomic E-state index is 13.1. The Kier molecular flexibility index (Phi) is 5.74. The molecule has 1 aliphatic carbocycles. The minimum absolute atomic E-state index is 0.0106. The lowest BCUT2D eigenvalue weighted by Crippen LogP contribution is -2.51. The normalized spacial score (nSPS) is 34.3. The van der Waals surface area contributed by atoms with Gasteiger partial charge in [-0.2, -0.15) is 11.8 Å². The molecule has 2 unspecified atom stereocenters. The number of carbonyl (C=O) groups is 2. The molecule has 0 bridgehead atoms. The average Bonchev–Trinajstić information content (AvgIpc) is 2.66. The van der Waals surface area contributed by atoms with Gasteiger partial charge < -0.3 is 16.4 Å². The molecular weight excluding hydrogens is 330 g/mol. The number of Topliss-reactive ketones (excluding diaryl/α,β-unsaturated/α-hetero) is 1. The van der Waals surface area contributed by atoms with E-state index >= 15 is 0 Å². The predicted octanol–water partition coefficient (Wildman–Crippen LogP) is 1.10. The highest BCUT2D eigenvalue weighted by Gasteiger charge is 2.55. The molecule has 0 radical (unpaired) electrons. The van der Waals surface area contributed by atoms with Crippen molar-refractivity contribution in [3.8, 4) is 0 Å². The van der Waals surface area contributed by atoms with E-state index in [2.05, 4.69) is 10.6 Å². The molecule has 0 aromatic rings. The molecule has 5 nitrogen and oxygen atoms in total. The van der Waals surface area contributed by atoms with Gasteiger partial charge in [-0.3, -0.25) is 9.59 Å². The molecular formula is C16H27N3O2S2. The van der Waals surface area contributed by atoms with Crippen LogP contribution in [-0.4, -0.2) is 46.8 Å². The van der Waals surface area contributed by atoms with E-state index in [0.29, 0.717) is 4.99 Å². The van der Waals surface area contributed by atoms with Crippen LogP contribution in [-0.2, 0) is 9.59 Å². The number of amides is 1. The van der Waals surface area contributed by atoms with Gasteiger partial charge >= 0.3 is 0 Å². The van der Waals surface area contributed by atoms with Gasteiger partial charge in [0.05, 0.1) is 23.0 Å². The van der Waals surface area contributed by atoms with Crippen molar-refractivity contribution < 1.29 is 9.59 Å². The van der Waals surface area contributed by atoms with Crippen molar-refractivity contribution in [1.82, 2.24) is 10.6 Å². The second kappa shape index (κ2) is 7.07. The second-order valence-electron chi connectivity index (χ2n) is 7.27. The molecule has 5 atom stereocenters. The molecule has 23 heavy (non-hydrogen) atoms. The zero-order chi connectivity index (χ0) is 17.4. The van der Waals surface area contributed by atoms with Crippen LogP contribution < -0.4 is 16.4 Å². The number of fused-ring (bicyclic) bond motifs is 1. The van der Waals surface area contributed by atoms with Crippen molar-refractivity contribution in [2.75, 3.05) is 12.8 Å². The third-order valence-corrected chi connectivity index (χ3v) is 7.02. The topological polar surface area (TPSA) is 84.2 Å². The molecule has 4 N–H and O–H groups in total. The van der Waals surface area contributed by atoms with Gasteiger partial charge in [0.1, 0.15) is 0 Å².